The van der Waals surface area contributed by atoms with Crippen LogP contribution < -0.4 is 4.73 Å². The summed E-state index contributed by atoms with van der Waals surface area (Å²) in [6.07, 6.45) is 0.796. The van der Waals surface area contributed by atoms with Gasteiger partial charge in [-0.1, -0.05) is 12.1 Å². The summed E-state index contributed by atoms with van der Waals surface area (Å²) in [6.45, 7) is 0. The minimum Gasteiger partial charge on any atom is -0.618 e. The SMILES string of the molecule is O=Cc1ccc(-c2ccc3ccccc3[n+]2[O-])s1. The highest BCUT2D eigenvalue weighted by Gasteiger charge is 2.14. The van der Waals surface area contributed by atoms with Crippen molar-refractivity contribution in [3.05, 3.63) is 58.6 Å². The summed E-state index contributed by atoms with van der Waals surface area (Å²) in [7, 11) is 0. The van der Waals surface area contributed by atoms with Crippen LogP contribution in [0.3, 0.4) is 0 Å². The Labute approximate surface area is 108 Å². The number of aromatic nitrogens is 1. The van der Waals surface area contributed by atoms with Gasteiger partial charge in [0.05, 0.1) is 4.88 Å². The minimum atomic E-state index is 0.576. The van der Waals surface area contributed by atoms with E-state index in [0.29, 0.717) is 16.1 Å². The van der Waals surface area contributed by atoms with Crippen LogP contribution in [0, 0.1) is 5.21 Å². The number of rotatable bonds is 2. The van der Waals surface area contributed by atoms with Gasteiger partial charge in [0.1, 0.15) is 4.88 Å². The monoisotopic (exact) mass is 255 g/mol. The van der Waals surface area contributed by atoms with Crippen molar-refractivity contribution < 1.29 is 9.52 Å². The molecule has 3 nitrogen and oxygen atoms in total. The van der Waals surface area contributed by atoms with E-state index >= 15 is 0 Å². The minimum absolute atomic E-state index is 0.576. The van der Waals surface area contributed by atoms with E-state index in [1.165, 1.54) is 11.3 Å². The Morgan fingerprint density at radius 3 is 2.67 bits per heavy atom. The molecule has 0 aliphatic rings. The normalized spacial score (nSPS) is 10.7. The van der Waals surface area contributed by atoms with Crippen LogP contribution in [0.5, 0.6) is 0 Å². The fourth-order valence-electron chi connectivity index (χ4n) is 1.92. The standard InChI is InChI=1S/C14H9NO2S/c16-9-11-6-8-14(18-11)13-7-5-10-3-1-2-4-12(10)15(13)17/h1-9H. The lowest BCUT2D eigenvalue weighted by Gasteiger charge is -2.05. The lowest BCUT2D eigenvalue weighted by Crippen LogP contribution is -2.29. The third kappa shape index (κ3) is 1.67. The number of hydrogen-bond acceptors (Lipinski definition) is 3. The van der Waals surface area contributed by atoms with Crippen molar-refractivity contribution in [3.63, 3.8) is 0 Å². The smallest absolute Gasteiger partial charge is 0.234 e. The topological polar surface area (TPSA) is 44.0 Å². The van der Waals surface area contributed by atoms with Gasteiger partial charge in [-0.05, 0) is 24.3 Å². The zero-order chi connectivity index (χ0) is 12.5. The van der Waals surface area contributed by atoms with E-state index in [9.17, 15) is 10.0 Å². The molecular weight excluding hydrogens is 246 g/mol. The van der Waals surface area contributed by atoms with Gasteiger partial charge in [0.15, 0.2) is 6.29 Å². The maximum absolute atomic E-state index is 12.3. The third-order valence-corrected chi connectivity index (χ3v) is 3.82. The average Bonchev–Trinajstić information content (AvgIpc) is 2.88. The molecule has 0 radical (unpaired) electrons. The Bertz CT molecular complexity index is 733. The molecule has 0 unspecified atom stereocenters. The first-order valence-electron chi connectivity index (χ1n) is 5.46. The quantitative estimate of drug-likeness (QED) is 0.401. The van der Waals surface area contributed by atoms with Crippen LogP contribution in [0.4, 0.5) is 0 Å². The van der Waals surface area contributed by atoms with Gasteiger partial charge in [-0.2, -0.15) is 4.73 Å². The largest absolute Gasteiger partial charge is 0.618 e. The summed E-state index contributed by atoms with van der Waals surface area (Å²) in [6, 6.07) is 14.7. The van der Waals surface area contributed by atoms with Crippen molar-refractivity contribution >= 4 is 28.5 Å². The Kier molecular flexibility index (Phi) is 2.57. The fourth-order valence-corrected chi connectivity index (χ4v) is 2.75. The lowest BCUT2D eigenvalue weighted by molar-refractivity contribution is -0.564. The summed E-state index contributed by atoms with van der Waals surface area (Å²) in [4.78, 5) is 12.1. The third-order valence-electron chi connectivity index (χ3n) is 2.79. The van der Waals surface area contributed by atoms with E-state index in [-0.39, 0.29) is 0 Å². The Balaban J connectivity index is 2.23. The first kappa shape index (κ1) is 10.9. The van der Waals surface area contributed by atoms with Crippen LogP contribution in [-0.4, -0.2) is 6.29 Å². The van der Waals surface area contributed by atoms with Crippen LogP contribution in [0.1, 0.15) is 9.67 Å². The molecule has 18 heavy (non-hydrogen) atoms. The van der Waals surface area contributed by atoms with Crippen molar-refractivity contribution in [2.24, 2.45) is 0 Å². The molecule has 0 aliphatic heterocycles. The van der Waals surface area contributed by atoms with E-state index < -0.39 is 0 Å². The van der Waals surface area contributed by atoms with Gasteiger partial charge in [0.2, 0.25) is 11.2 Å². The van der Waals surface area contributed by atoms with Gasteiger partial charge in [0, 0.05) is 17.5 Å². The number of thiophene rings is 1. The molecule has 0 spiro atoms. The zero-order valence-corrected chi connectivity index (χ0v) is 10.2. The van der Waals surface area contributed by atoms with Crippen LogP contribution >= 0.6 is 11.3 Å². The number of nitrogens with zero attached hydrogens (tertiary/aromatic N) is 1. The number of benzene rings is 1. The number of aldehydes is 1. The summed E-state index contributed by atoms with van der Waals surface area (Å²) in [5.74, 6) is 0. The predicted octanol–water partition coefficient (Wildman–Crippen LogP) is 3.01. The highest BCUT2D eigenvalue weighted by atomic mass is 32.1. The van der Waals surface area contributed by atoms with Crippen LogP contribution in [0.15, 0.2) is 48.5 Å². The van der Waals surface area contributed by atoms with Crippen LogP contribution in [0.2, 0.25) is 0 Å². The summed E-state index contributed by atoms with van der Waals surface area (Å²) in [5, 5.41) is 13.2. The molecule has 3 rings (SSSR count). The molecule has 2 aromatic heterocycles. The van der Waals surface area contributed by atoms with Crippen LogP contribution in [0.25, 0.3) is 21.5 Å². The molecule has 4 heteroatoms. The van der Waals surface area contributed by atoms with Crippen molar-refractivity contribution in [3.8, 4) is 10.6 Å². The summed E-state index contributed by atoms with van der Waals surface area (Å²) < 4.78 is 0.912. The molecule has 0 saturated heterocycles. The van der Waals surface area contributed by atoms with Crippen LogP contribution in [-0.2, 0) is 0 Å². The fraction of sp³-hybridized carbons (Fsp3) is 0. The highest BCUT2D eigenvalue weighted by molar-refractivity contribution is 7.16. The molecule has 3 aromatic rings. The number of hydrogen-bond donors (Lipinski definition) is 0. The van der Waals surface area contributed by atoms with E-state index in [1.54, 1.807) is 24.3 Å². The average molecular weight is 255 g/mol. The molecule has 0 saturated carbocycles. The van der Waals surface area contributed by atoms with E-state index in [1.807, 2.05) is 24.3 Å². The summed E-state index contributed by atoms with van der Waals surface area (Å²) in [5.41, 5.74) is 1.21. The Morgan fingerprint density at radius 2 is 1.89 bits per heavy atom. The Hall–Kier alpha value is -2.20. The molecule has 1 aromatic carbocycles. The van der Waals surface area contributed by atoms with Gasteiger partial charge in [-0.25, -0.2) is 0 Å². The molecule has 0 bridgehead atoms. The van der Waals surface area contributed by atoms with E-state index in [0.717, 1.165) is 21.3 Å². The second-order valence-electron chi connectivity index (χ2n) is 3.89. The van der Waals surface area contributed by atoms with E-state index in [2.05, 4.69) is 0 Å². The molecule has 2 heterocycles. The maximum atomic E-state index is 12.3. The lowest BCUT2D eigenvalue weighted by atomic mass is 10.2. The number of carbonyl (C=O) groups excluding carboxylic acids is 1. The first-order chi connectivity index (χ1) is 8.79. The second-order valence-corrected chi connectivity index (χ2v) is 5.01. The molecule has 0 aliphatic carbocycles. The number of fused-ring (bicyclic) bond motifs is 1. The van der Waals surface area contributed by atoms with Gasteiger partial charge in [-0.15, -0.1) is 11.3 Å². The number of carbonyl (C=O) groups is 1. The van der Waals surface area contributed by atoms with Crippen molar-refractivity contribution in [1.82, 2.24) is 0 Å². The molecule has 0 N–H and O–H groups in total. The van der Waals surface area contributed by atoms with Crippen molar-refractivity contribution in [2.45, 2.75) is 0 Å². The first-order valence-corrected chi connectivity index (χ1v) is 6.28. The van der Waals surface area contributed by atoms with Gasteiger partial charge in [-0.3, -0.25) is 4.79 Å². The highest BCUT2D eigenvalue weighted by Crippen LogP contribution is 2.26. The van der Waals surface area contributed by atoms with Crippen molar-refractivity contribution in [1.29, 1.82) is 0 Å². The second kappa shape index (κ2) is 4.23. The van der Waals surface area contributed by atoms with Crippen molar-refractivity contribution in [2.75, 3.05) is 0 Å². The van der Waals surface area contributed by atoms with Gasteiger partial charge in [0.25, 0.3) is 0 Å². The molecule has 0 amide bonds. The Morgan fingerprint density at radius 1 is 1.06 bits per heavy atom. The molecule has 88 valence electrons. The zero-order valence-electron chi connectivity index (χ0n) is 9.37. The summed E-state index contributed by atoms with van der Waals surface area (Å²) >= 11 is 1.32. The van der Waals surface area contributed by atoms with Gasteiger partial charge >= 0.3 is 0 Å². The predicted molar refractivity (Wildman–Crippen MR) is 71.6 cm³/mol. The van der Waals surface area contributed by atoms with E-state index in [4.69, 9.17) is 0 Å². The van der Waals surface area contributed by atoms with Gasteiger partial charge < -0.3 is 5.21 Å². The maximum Gasteiger partial charge on any atom is 0.234 e. The number of para-hydroxylation sites is 1. The molecule has 0 atom stereocenters. The molecular formula is C14H9NO2S. The molecule has 0 fully saturated rings. The number of pyridine rings is 1.